The molecule has 196 valence electrons. The van der Waals surface area contributed by atoms with Gasteiger partial charge in [-0.1, -0.05) is 36.8 Å². The molecule has 3 heterocycles. The van der Waals surface area contributed by atoms with Crippen molar-refractivity contribution in [3.8, 4) is 5.69 Å². The summed E-state index contributed by atoms with van der Waals surface area (Å²) >= 11 is 0. The van der Waals surface area contributed by atoms with Crippen LogP contribution in [-0.4, -0.2) is 26.6 Å². The summed E-state index contributed by atoms with van der Waals surface area (Å²) < 4.78 is 15.1. The Morgan fingerprint density at radius 2 is 1.74 bits per heavy atom. The van der Waals surface area contributed by atoms with Gasteiger partial charge in [0.25, 0.3) is 0 Å². The number of halogens is 1. The minimum Gasteiger partial charge on any atom is -0.366 e. The topological polar surface area (TPSA) is 94.1 Å². The highest BCUT2D eigenvalue weighted by Crippen LogP contribution is 2.40. The van der Waals surface area contributed by atoms with E-state index in [1.807, 2.05) is 36.1 Å². The third kappa shape index (κ3) is 5.40. The summed E-state index contributed by atoms with van der Waals surface area (Å²) in [5.74, 6) is -0.593. The Hall–Kier alpha value is -4.85. The van der Waals surface area contributed by atoms with Crippen LogP contribution in [0.4, 0.5) is 10.1 Å². The summed E-state index contributed by atoms with van der Waals surface area (Å²) in [5.41, 5.74) is 10.3. The third-order valence-corrected chi connectivity index (χ3v) is 6.82. The average Bonchev–Trinajstić information content (AvgIpc) is 3.50. The van der Waals surface area contributed by atoms with E-state index in [4.69, 9.17) is 5.73 Å². The SMILES string of the molecule is Cc1cccc([C@@H]2C[C@@H](C)C(=O)N2c2ccc3c(cnn3-c3ccc(F)cc3)c2)c1.NC(=O)c1cccnc1. The van der Waals surface area contributed by atoms with Crippen molar-refractivity contribution in [3.05, 3.63) is 120 Å². The van der Waals surface area contributed by atoms with Crippen LogP contribution >= 0.6 is 0 Å². The lowest BCUT2D eigenvalue weighted by Gasteiger charge is -2.25. The highest BCUT2D eigenvalue weighted by molar-refractivity contribution is 6.00. The lowest BCUT2D eigenvalue weighted by atomic mass is 9.99. The van der Waals surface area contributed by atoms with Crippen LogP contribution in [0.5, 0.6) is 0 Å². The zero-order chi connectivity index (χ0) is 27.5. The van der Waals surface area contributed by atoms with Gasteiger partial charge in [-0.3, -0.25) is 14.6 Å². The van der Waals surface area contributed by atoms with Crippen molar-refractivity contribution >= 4 is 28.4 Å². The summed E-state index contributed by atoms with van der Waals surface area (Å²) in [6.07, 6.45) is 5.61. The van der Waals surface area contributed by atoms with Crippen molar-refractivity contribution in [3.63, 3.8) is 0 Å². The zero-order valence-corrected chi connectivity index (χ0v) is 21.7. The minimum absolute atomic E-state index is 0.0202. The van der Waals surface area contributed by atoms with Gasteiger partial charge in [0.05, 0.1) is 29.0 Å². The smallest absolute Gasteiger partial charge is 0.250 e. The van der Waals surface area contributed by atoms with Crippen molar-refractivity contribution in [2.24, 2.45) is 11.7 Å². The fraction of sp³-hybridized carbons (Fsp3) is 0.161. The number of fused-ring (bicyclic) bond motifs is 1. The third-order valence-electron chi connectivity index (χ3n) is 6.82. The second kappa shape index (κ2) is 10.9. The second-order valence-corrected chi connectivity index (χ2v) is 9.66. The predicted octanol–water partition coefficient (Wildman–Crippen LogP) is 5.77. The molecule has 0 radical (unpaired) electrons. The first-order valence-electron chi connectivity index (χ1n) is 12.6. The highest BCUT2D eigenvalue weighted by atomic mass is 19.1. The number of nitrogens with zero attached hydrogens (tertiary/aromatic N) is 4. The molecule has 0 spiro atoms. The van der Waals surface area contributed by atoms with Crippen LogP contribution in [0.15, 0.2) is 97.5 Å². The van der Waals surface area contributed by atoms with E-state index in [0.29, 0.717) is 5.56 Å². The summed E-state index contributed by atoms with van der Waals surface area (Å²) in [7, 11) is 0. The lowest BCUT2D eigenvalue weighted by molar-refractivity contribution is -0.120. The van der Waals surface area contributed by atoms with E-state index in [1.165, 1.54) is 23.9 Å². The molecule has 2 N–H and O–H groups in total. The Morgan fingerprint density at radius 3 is 2.41 bits per heavy atom. The molecule has 1 saturated heterocycles. The fourth-order valence-corrected chi connectivity index (χ4v) is 4.87. The summed E-state index contributed by atoms with van der Waals surface area (Å²) in [5, 5.41) is 5.41. The van der Waals surface area contributed by atoms with Crippen LogP contribution in [0, 0.1) is 18.7 Å². The van der Waals surface area contributed by atoms with Crippen molar-refractivity contribution in [1.29, 1.82) is 0 Å². The number of aromatic nitrogens is 3. The number of rotatable bonds is 4. The van der Waals surface area contributed by atoms with Gasteiger partial charge in [-0.2, -0.15) is 5.10 Å². The van der Waals surface area contributed by atoms with Gasteiger partial charge in [0.2, 0.25) is 11.8 Å². The number of primary amides is 1. The van der Waals surface area contributed by atoms with Crippen LogP contribution in [0.1, 0.15) is 40.9 Å². The number of carbonyl (C=O) groups is 2. The molecule has 0 unspecified atom stereocenters. The summed E-state index contributed by atoms with van der Waals surface area (Å²) in [6, 6.07) is 23.9. The Labute approximate surface area is 225 Å². The quantitative estimate of drug-likeness (QED) is 0.325. The average molecular weight is 522 g/mol. The van der Waals surface area contributed by atoms with E-state index in [1.54, 1.807) is 41.3 Å². The molecule has 0 saturated carbocycles. The molecule has 0 bridgehead atoms. The molecule has 1 aliphatic heterocycles. The number of pyridine rings is 1. The summed E-state index contributed by atoms with van der Waals surface area (Å²) in [4.78, 5) is 29.1. The second-order valence-electron chi connectivity index (χ2n) is 9.66. The first kappa shape index (κ1) is 25.8. The normalized spacial score (nSPS) is 16.7. The molecule has 2 amide bonds. The van der Waals surface area contributed by atoms with Crippen LogP contribution in [0.2, 0.25) is 0 Å². The highest BCUT2D eigenvalue weighted by Gasteiger charge is 2.38. The standard InChI is InChI=1S/C25H22FN3O.C6H6N2O/c1-16-4-3-5-18(12-16)24-13-17(2)25(30)28(24)22-10-11-23-19(14-22)15-27-29(23)21-8-6-20(26)7-9-21;7-6(9)5-2-1-3-8-4-5/h3-12,14-15,17,24H,13H2,1-2H3;1-4H,(H2,7,9)/t17-,24+;/m1./s1. The Balaban J connectivity index is 0.000000292. The number of benzene rings is 3. The minimum atomic E-state index is -0.442. The van der Waals surface area contributed by atoms with Gasteiger partial charge >= 0.3 is 0 Å². The summed E-state index contributed by atoms with van der Waals surface area (Å²) in [6.45, 7) is 4.07. The number of nitrogens with two attached hydrogens (primary N) is 1. The van der Waals surface area contributed by atoms with Crippen LogP contribution in [-0.2, 0) is 4.79 Å². The monoisotopic (exact) mass is 521 g/mol. The molecule has 7 nitrogen and oxygen atoms in total. The van der Waals surface area contributed by atoms with Crippen LogP contribution in [0.3, 0.4) is 0 Å². The maximum absolute atomic E-state index is 13.3. The first-order chi connectivity index (χ1) is 18.8. The van der Waals surface area contributed by atoms with E-state index >= 15 is 0 Å². The van der Waals surface area contributed by atoms with Crippen molar-refractivity contribution in [1.82, 2.24) is 14.8 Å². The molecule has 8 heteroatoms. The molecule has 2 aromatic heterocycles. The molecule has 0 aliphatic carbocycles. The fourth-order valence-electron chi connectivity index (χ4n) is 4.87. The first-order valence-corrected chi connectivity index (χ1v) is 12.6. The molecule has 5 aromatic rings. The molecule has 3 aromatic carbocycles. The van der Waals surface area contributed by atoms with E-state index < -0.39 is 5.91 Å². The van der Waals surface area contributed by atoms with E-state index in [-0.39, 0.29) is 23.7 Å². The Morgan fingerprint density at radius 1 is 0.974 bits per heavy atom. The maximum Gasteiger partial charge on any atom is 0.250 e. The van der Waals surface area contributed by atoms with Gasteiger partial charge in [-0.15, -0.1) is 0 Å². The maximum atomic E-state index is 13.3. The number of hydrogen-bond acceptors (Lipinski definition) is 4. The van der Waals surface area contributed by atoms with Crippen LogP contribution < -0.4 is 10.6 Å². The Kier molecular flexibility index (Phi) is 7.19. The van der Waals surface area contributed by atoms with Gasteiger partial charge in [0.15, 0.2) is 0 Å². The van der Waals surface area contributed by atoms with Gasteiger partial charge < -0.3 is 10.6 Å². The van der Waals surface area contributed by atoms with Gasteiger partial charge in [-0.25, -0.2) is 9.07 Å². The number of carbonyl (C=O) groups excluding carboxylic acids is 2. The largest absolute Gasteiger partial charge is 0.366 e. The van der Waals surface area contributed by atoms with Crippen molar-refractivity contribution in [2.75, 3.05) is 4.90 Å². The predicted molar refractivity (Wildman–Crippen MR) is 149 cm³/mol. The van der Waals surface area contributed by atoms with E-state index in [2.05, 4.69) is 35.2 Å². The Bertz CT molecular complexity index is 1630. The molecule has 39 heavy (non-hydrogen) atoms. The van der Waals surface area contributed by atoms with Crippen molar-refractivity contribution in [2.45, 2.75) is 26.3 Å². The van der Waals surface area contributed by atoms with Gasteiger partial charge in [0.1, 0.15) is 5.82 Å². The number of hydrogen-bond donors (Lipinski definition) is 1. The molecule has 6 rings (SSSR count). The van der Waals surface area contributed by atoms with Crippen LogP contribution in [0.25, 0.3) is 16.6 Å². The molecule has 1 aliphatic rings. The van der Waals surface area contributed by atoms with Gasteiger partial charge in [0, 0.05) is 29.4 Å². The number of amides is 2. The van der Waals surface area contributed by atoms with E-state index in [0.717, 1.165) is 34.3 Å². The molecule has 1 fully saturated rings. The zero-order valence-electron chi connectivity index (χ0n) is 21.7. The molecular weight excluding hydrogens is 493 g/mol. The molecular formula is C31H28FN5O2. The number of anilines is 1. The van der Waals surface area contributed by atoms with Crippen molar-refractivity contribution < 1.29 is 14.0 Å². The lowest BCUT2D eigenvalue weighted by Crippen LogP contribution is -2.28. The van der Waals surface area contributed by atoms with Gasteiger partial charge in [-0.05, 0) is 73.5 Å². The number of aryl methyl sites for hydroxylation is 1. The van der Waals surface area contributed by atoms with E-state index in [9.17, 15) is 14.0 Å². The molecule has 2 atom stereocenters.